The van der Waals surface area contributed by atoms with E-state index in [0.717, 1.165) is 25.9 Å². The summed E-state index contributed by atoms with van der Waals surface area (Å²) in [6.07, 6.45) is 4.14. The van der Waals surface area contributed by atoms with E-state index < -0.39 is 6.09 Å². The minimum absolute atomic E-state index is 0.396. The molecule has 1 rings (SSSR count). The van der Waals surface area contributed by atoms with Crippen LogP contribution in [0.15, 0.2) is 0 Å². The van der Waals surface area contributed by atoms with Gasteiger partial charge in [-0.3, -0.25) is 0 Å². The number of nitrogens with zero attached hydrogens (tertiary/aromatic N) is 1. The van der Waals surface area contributed by atoms with Crippen LogP contribution in [0.5, 0.6) is 0 Å². The van der Waals surface area contributed by atoms with E-state index in [1.165, 1.54) is 12.8 Å². The summed E-state index contributed by atoms with van der Waals surface area (Å²) in [6.45, 7) is 1.58. The minimum atomic E-state index is -0.396. The summed E-state index contributed by atoms with van der Waals surface area (Å²) in [4.78, 5) is 16.7. The number of hydrogen-bond donors (Lipinski definition) is 1. The molecular formula is C7H14N2O2. The Bertz CT molecular complexity index is 130. The van der Waals surface area contributed by atoms with Crippen molar-refractivity contribution in [3.05, 3.63) is 0 Å². The zero-order valence-corrected chi connectivity index (χ0v) is 6.58. The lowest BCUT2D eigenvalue weighted by Crippen LogP contribution is -2.33. The third kappa shape index (κ3) is 2.38. The maximum Gasteiger partial charge on any atom is 0.428 e. The molecule has 64 valence electrons. The molecule has 0 spiro atoms. The average molecular weight is 158 g/mol. The number of hydrogen-bond acceptors (Lipinski definition) is 3. The second-order valence-electron chi connectivity index (χ2n) is 2.79. The molecule has 4 nitrogen and oxygen atoms in total. The zero-order chi connectivity index (χ0) is 8.10. The highest BCUT2D eigenvalue weighted by Gasteiger charge is 2.15. The quantitative estimate of drug-likeness (QED) is 0.532. The Morgan fingerprint density at radius 3 is 2.18 bits per heavy atom. The smallest absolute Gasteiger partial charge is 0.357 e. The summed E-state index contributed by atoms with van der Waals surface area (Å²) < 4.78 is 0. The van der Waals surface area contributed by atoms with Gasteiger partial charge in [0, 0.05) is 13.1 Å². The topological polar surface area (TPSA) is 55.6 Å². The molecule has 1 fully saturated rings. The van der Waals surface area contributed by atoms with Crippen molar-refractivity contribution in [2.24, 2.45) is 5.90 Å². The molecule has 1 saturated heterocycles. The van der Waals surface area contributed by atoms with Crippen molar-refractivity contribution in [1.29, 1.82) is 0 Å². The maximum atomic E-state index is 10.9. The summed E-state index contributed by atoms with van der Waals surface area (Å²) in [6, 6.07) is 0. The predicted octanol–water partition coefficient (Wildman–Crippen LogP) is 0.873. The van der Waals surface area contributed by atoms with Crippen molar-refractivity contribution >= 4 is 6.09 Å². The number of rotatable bonds is 0. The van der Waals surface area contributed by atoms with E-state index in [-0.39, 0.29) is 0 Å². The van der Waals surface area contributed by atoms with E-state index in [1.54, 1.807) is 4.90 Å². The molecule has 0 aromatic heterocycles. The van der Waals surface area contributed by atoms with Crippen molar-refractivity contribution in [3.8, 4) is 0 Å². The van der Waals surface area contributed by atoms with E-state index >= 15 is 0 Å². The second kappa shape index (κ2) is 4.18. The molecule has 0 bridgehead atoms. The first kappa shape index (κ1) is 8.33. The van der Waals surface area contributed by atoms with Crippen LogP contribution in [0.3, 0.4) is 0 Å². The SMILES string of the molecule is NOC(=O)N1CCCCCC1. The van der Waals surface area contributed by atoms with Gasteiger partial charge in [0.15, 0.2) is 0 Å². The highest BCUT2D eigenvalue weighted by atomic mass is 16.7. The van der Waals surface area contributed by atoms with Crippen molar-refractivity contribution in [2.45, 2.75) is 25.7 Å². The van der Waals surface area contributed by atoms with Gasteiger partial charge in [-0.25, -0.2) is 4.79 Å². The lowest BCUT2D eigenvalue weighted by atomic mass is 10.2. The van der Waals surface area contributed by atoms with Crippen LogP contribution < -0.4 is 5.90 Å². The summed E-state index contributed by atoms with van der Waals surface area (Å²) in [5.74, 6) is 4.76. The van der Waals surface area contributed by atoms with Crippen LogP contribution in [0.4, 0.5) is 4.79 Å². The van der Waals surface area contributed by atoms with Crippen molar-refractivity contribution in [1.82, 2.24) is 4.90 Å². The second-order valence-corrected chi connectivity index (χ2v) is 2.79. The highest BCUT2D eigenvalue weighted by Crippen LogP contribution is 2.09. The first-order chi connectivity index (χ1) is 5.34. The number of likely N-dealkylation sites (tertiary alicyclic amines) is 1. The van der Waals surface area contributed by atoms with Crippen LogP contribution in [-0.2, 0) is 4.84 Å². The molecular weight excluding hydrogens is 144 g/mol. The summed E-state index contributed by atoms with van der Waals surface area (Å²) in [5, 5.41) is 0. The van der Waals surface area contributed by atoms with E-state index in [1.807, 2.05) is 0 Å². The highest BCUT2D eigenvalue weighted by molar-refractivity contribution is 5.67. The molecule has 0 unspecified atom stereocenters. The van der Waals surface area contributed by atoms with Gasteiger partial charge in [0.1, 0.15) is 0 Å². The van der Waals surface area contributed by atoms with Crippen LogP contribution in [0.1, 0.15) is 25.7 Å². The molecule has 1 aliphatic rings. The molecule has 0 atom stereocenters. The van der Waals surface area contributed by atoms with Gasteiger partial charge in [0.05, 0.1) is 0 Å². The average Bonchev–Trinajstić information content (AvgIpc) is 2.30. The predicted molar refractivity (Wildman–Crippen MR) is 40.7 cm³/mol. The van der Waals surface area contributed by atoms with E-state index in [0.29, 0.717) is 0 Å². The first-order valence-electron chi connectivity index (χ1n) is 4.00. The van der Waals surface area contributed by atoms with Gasteiger partial charge in [0.25, 0.3) is 0 Å². The fourth-order valence-corrected chi connectivity index (χ4v) is 1.33. The Hall–Kier alpha value is -0.770. The molecule has 0 aliphatic carbocycles. The number of nitrogens with two attached hydrogens (primary N) is 1. The van der Waals surface area contributed by atoms with E-state index in [2.05, 4.69) is 4.84 Å². The van der Waals surface area contributed by atoms with Gasteiger partial charge in [-0.1, -0.05) is 12.8 Å². The number of amides is 1. The Morgan fingerprint density at radius 1 is 1.18 bits per heavy atom. The fraction of sp³-hybridized carbons (Fsp3) is 0.857. The van der Waals surface area contributed by atoms with Crippen LogP contribution in [0.25, 0.3) is 0 Å². The summed E-state index contributed by atoms with van der Waals surface area (Å²) in [7, 11) is 0. The molecule has 0 aromatic rings. The first-order valence-corrected chi connectivity index (χ1v) is 4.00. The van der Waals surface area contributed by atoms with Crippen LogP contribution >= 0.6 is 0 Å². The van der Waals surface area contributed by atoms with Gasteiger partial charge in [-0.05, 0) is 12.8 Å². The molecule has 0 aromatic carbocycles. The fourth-order valence-electron chi connectivity index (χ4n) is 1.33. The normalized spacial score (nSPS) is 19.2. The van der Waals surface area contributed by atoms with Gasteiger partial charge in [-0.15, -0.1) is 0 Å². The number of carbonyl (C=O) groups excluding carboxylic acids is 1. The minimum Gasteiger partial charge on any atom is -0.357 e. The lowest BCUT2D eigenvalue weighted by Gasteiger charge is -2.16. The standard InChI is InChI=1S/C7H14N2O2/c8-11-7(10)9-5-3-1-2-4-6-9/h1-6,8H2. The summed E-state index contributed by atoms with van der Waals surface area (Å²) in [5.41, 5.74) is 0. The third-order valence-electron chi connectivity index (χ3n) is 1.97. The van der Waals surface area contributed by atoms with Gasteiger partial charge >= 0.3 is 6.09 Å². The Morgan fingerprint density at radius 2 is 1.73 bits per heavy atom. The summed E-state index contributed by atoms with van der Waals surface area (Å²) >= 11 is 0. The lowest BCUT2D eigenvalue weighted by molar-refractivity contribution is 0.104. The van der Waals surface area contributed by atoms with Crippen LogP contribution in [-0.4, -0.2) is 24.1 Å². The molecule has 1 aliphatic heterocycles. The van der Waals surface area contributed by atoms with E-state index in [9.17, 15) is 4.79 Å². The molecule has 0 saturated carbocycles. The largest absolute Gasteiger partial charge is 0.428 e. The monoisotopic (exact) mass is 158 g/mol. The number of carbonyl (C=O) groups is 1. The molecule has 0 radical (unpaired) electrons. The Labute approximate surface area is 66.3 Å². The van der Waals surface area contributed by atoms with Crippen molar-refractivity contribution in [2.75, 3.05) is 13.1 Å². The van der Waals surface area contributed by atoms with Crippen molar-refractivity contribution in [3.63, 3.8) is 0 Å². The van der Waals surface area contributed by atoms with E-state index in [4.69, 9.17) is 5.90 Å². The Kier molecular flexibility index (Phi) is 3.16. The molecule has 1 heterocycles. The van der Waals surface area contributed by atoms with Crippen molar-refractivity contribution < 1.29 is 9.63 Å². The van der Waals surface area contributed by atoms with Gasteiger partial charge < -0.3 is 9.74 Å². The van der Waals surface area contributed by atoms with Crippen LogP contribution in [0, 0.1) is 0 Å². The molecule has 1 amide bonds. The Balaban J connectivity index is 2.36. The zero-order valence-electron chi connectivity index (χ0n) is 6.58. The third-order valence-corrected chi connectivity index (χ3v) is 1.97. The molecule has 2 N–H and O–H groups in total. The van der Waals surface area contributed by atoms with Gasteiger partial charge in [0.2, 0.25) is 0 Å². The molecule has 11 heavy (non-hydrogen) atoms. The van der Waals surface area contributed by atoms with Crippen LogP contribution in [0.2, 0.25) is 0 Å². The van der Waals surface area contributed by atoms with Gasteiger partial charge in [-0.2, -0.15) is 5.90 Å². The molecule has 4 heteroatoms. The maximum absolute atomic E-state index is 10.9.